The number of nitrogens with one attached hydrogen (secondary N) is 1. The molecule has 0 radical (unpaired) electrons. The summed E-state index contributed by atoms with van der Waals surface area (Å²) in [6.07, 6.45) is 0.890. The van der Waals surface area contributed by atoms with E-state index in [-0.39, 0.29) is 5.91 Å². The van der Waals surface area contributed by atoms with E-state index < -0.39 is 0 Å². The van der Waals surface area contributed by atoms with Crippen molar-refractivity contribution in [1.82, 2.24) is 10.2 Å². The molecule has 0 atom stereocenters. The Labute approximate surface area is 114 Å². The van der Waals surface area contributed by atoms with E-state index >= 15 is 0 Å². The van der Waals surface area contributed by atoms with Crippen LogP contribution in [0.1, 0.15) is 11.1 Å². The first-order valence-electron chi connectivity index (χ1n) is 6.87. The van der Waals surface area contributed by atoms with Crippen molar-refractivity contribution in [2.24, 2.45) is 0 Å². The molecular formula is C15H22N2O2. The molecule has 19 heavy (non-hydrogen) atoms. The normalized spacial score (nSPS) is 16.3. The highest BCUT2D eigenvalue weighted by Crippen LogP contribution is 2.06. The Kier molecular flexibility index (Phi) is 5.36. The van der Waals surface area contributed by atoms with E-state index in [0.29, 0.717) is 13.1 Å². The van der Waals surface area contributed by atoms with Gasteiger partial charge in [0.15, 0.2) is 0 Å². The van der Waals surface area contributed by atoms with Gasteiger partial charge in [-0.25, -0.2) is 0 Å². The third-order valence-electron chi connectivity index (χ3n) is 3.45. The molecule has 1 aliphatic rings. The second kappa shape index (κ2) is 7.26. The fourth-order valence-corrected chi connectivity index (χ4v) is 2.25. The third kappa shape index (κ3) is 4.65. The summed E-state index contributed by atoms with van der Waals surface area (Å²) >= 11 is 0. The maximum Gasteiger partial charge on any atom is 0.234 e. The Balaban J connectivity index is 1.67. The maximum atomic E-state index is 11.8. The summed E-state index contributed by atoms with van der Waals surface area (Å²) in [5, 5.41) is 2.98. The second-order valence-corrected chi connectivity index (χ2v) is 4.91. The summed E-state index contributed by atoms with van der Waals surface area (Å²) in [5.74, 6) is 0.107. The second-order valence-electron chi connectivity index (χ2n) is 4.91. The number of nitrogens with zero attached hydrogens (tertiary/aromatic N) is 1. The lowest BCUT2D eigenvalue weighted by atomic mass is 10.1. The molecule has 104 valence electrons. The van der Waals surface area contributed by atoms with Crippen LogP contribution in [0, 0.1) is 6.92 Å². The van der Waals surface area contributed by atoms with Gasteiger partial charge in [0.25, 0.3) is 0 Å². The number of aryl methyl sites for hydroxylation is 1. The van der Waals surface area contributed by atoms with Gasteiger partial charge >= 0.3 is 0 Å². The van der Waals surface area contributed by atoms with Gasteiger partial charge in [-0.05, 0) is 24.5 Å². The van der Waals surface area contributed by atoms with Gasteiger partial charge in [0.05, 0.1) is 19.8 Å². The number of hydrogen-bond acceptors (Lipinski definition) is 3. The van der Waals surface area contributed by atoms with Crippen molar-refractivity contribution < 1.29 is 9.53 Å². The predicted octanol–water partition coefficient (Wildman–Crippen LogP) is 0.986. The van der Waals surface area contributed by atoms with Crippen LogP contribution in [-0.4, -0.2) is 50.2 Å². The van der Waals surface area contributed by atoms with E-state index in [1.807, 2.05) is 12.1 Å². The fraction of sp³-hybridized carbons (Fsp3) is 0.533. The lowest BCUT2D eigenvalue weighted by molar-refractivity contribution is -0.123. The molecular weight excluding hydrogens is 240 g/mol. The molecule has 1 aromatic rings. The third-order valence-corrected chi connectivity index (χ3v) is 3.45. The number of amides is 1. The fourth-order valence-electron chi connectivity index (χ4n) is 2.25. The zero-order valence-electron chi connectivity index (χ0n) is 11.5. The van der Waals surface area contributed by atoms with E-state index in [1.165, 1.54) is 11.1 Å². The van der Waals surface area contributed by atoms with E-state index in [4.69, 9.17) is 4.74 Å². The quantitative estimate of drug-likeness (QED) is 0.860. The Morgan fingerprint density at radius 2 is 2.05 bits per heavy atom. The minimum Gasteiger partial charge on any atom is -0.379 e. The molecule has 0 aromatic heterocycles. The molecule has 1 heterocycles. The minimum absolute atomic E-state index is 0.107. The smallest absolute Gasteiger partial charge is 0.234 e. The van der Waals surface area contributed by atoms with Crippen LogP contribution in [0.3, 0.4) is 0 Å². The zero-order chi connectivity index (χ0) is 13.5. The molecule has 0 unspecified atom stereocenters. The lowest BCUT2D eigenvalue weighted by Gasteiger charge is -2.25. The molecule has 1 saturated heterocycles. The molecule has 0 aliphatic carbocycles. The maximum absolute atomic E-state index is 11.8. The van der Waals surface area contributed by atoms with Crippen molar-refractivity contribution >= 4 is 5.91 Å². The van der Waals surface area contributed by atoms with Crippen LogP contribution in [-0.2, 0) is 16.0 Å². The standard InChI is InChI=1S/C15H22N2O2/c1-13-4-2-3-5-14(13)6-7-16-15(18)12-17-8-10-19-11-9-17/h2-5H,6-12H2,1H3,(H,16,18). The molecule has 1 fully saturated rings. The first kappa shape index (κ1) is 14.0. The molecule has 4 nitrogen and oxygen atoms in total. The number of carbonyl (C=O) groups is 1. The Bertz CT molecular complexity index is 414. The molecule has 1 aliphatic heterocycles. The molecule has 0 bridgehead atoms. The number of carbonyl (C=O) groups excluding carboxylic acids is 1. The first-order chi connectivity index (χ1) is 9.25. The predicted molar refractivity (Wildman–Crippen MR) is 75.2 cm³/mol. The Morgan fingerprint density at radius 3 is 2.79 bits per heavy atom. The van der Waals surface area contributed by atoms with Crippen LogP contribution in [0.2, 0.25) is 0 Å². The molecule has 0 saturated carbocycles. The van der Waals surface area contributed by atoms with Crippen LogP contribution in [0.15, 0.2) is 24.3 Å². The number of benzene rings is 1. The molecule has 0 spiro atoms. The summed E-state index contributed by atoms with van der Waals surface area (Å²) in [7, 11) is 0. The summed E-state index contributed by atoms with van der Waals surface area (Å²) in [6, 6.07) is 8.29. The van der Waals surface area contributed by atoms with Crippen molar-refractivity contribution in [3.05, 3.63) is 35.4 Å². The van der Waals surface area contributed by atoms with Crippen molar-refractivity contribution in [3.63, 3.8) is 0 Å². The van der Waals surface area contributed by atoms with Crippen LogP contribution >= 0.6 is 0 Å². The molecule has 1 aromatic carbocycles. The van der Waals surface area contributed by atoms with Crippen LogP contribution in [0.25, 0.3) is 0 Å². The van der Waals surface area contributed by atoms with Gasteiger partial charge in [-0.1, -0.05) is 24.3 Å². The average Bonchev–Trinajstić information content (AvgIpc) is 2.42. The first-order valence-corrected chi connectivity index (χ1v) is 6.87. The van der Waals surface area contributed by atoms with Gasteiger partial charge in [-0.3, -0.25) is 9.69 Å². The summed E-state index contributed by atoms with van der Waals surface area (Å²) in [4.78, 5) is 13.9. The highest BCUT2D eigenvalue weighted by molar-refractivity contribution is 5.78. The minimum atomic E-state index is 0.107. The van der Waals surface area contributed by atoms with Gasteiger partial charge in [-0.15, -0.1) is 0 Å². The zero-order valence-corrected chi connectivity index (χ0v) is 11.5. The average molecular weight is 262 g/mol. The summed E-state index contributed by atoms with van der Waals surface area (Å²) in [5.41, 5.74) is 2.58. The lowest BCUT2D eigenvalue weighted by Crippen LogP contribution is -2.43. The highest BCUT2D eigenvalue weighted by atomic mass is 16.5. The number of morpholine rings is 1. The van der Waals surface area contributed by atoms with Crippen LogP contribution < -0.4 is 5.32 Å². The Morgan fingerprint density at radius 1 is 1.32 bits per heavy atom. The van der Waals surface area contributed by atoms with E-state index in [1.54, 1.807) is 0 Å². The molecule has 4 heteroatoms. The van der Waals surface area contributed by atoms with Crippen molar-refractivity contribution in [1.29, 1.82) is 0 Å². The number of ether oxygens (including phenoxy) is 1. The molecule has 2 rings (SSSR count). The van der Waals surface area contributed by atoms with E-state index in [2.05, 4.69) is 29.3 Å². The Hall–Kier alpha value is -1.39. The van der Waals surface area contributed by atoms with Gasteiger partial charge < -0.3 is 10.1 Å². The number of hydrogen-bond donors (Lipinski definition) is 1. The van der Waals surface area contributed by atoms with Crippen molar-refractivity contribution in [2.45, 2.75) is 13.3 Å². The van der Waals surface area contributed by atoms with Gasteiger partial charge in [0, 0.05) is 19.6 Å². The highest BCUT2D eigenvalue weighted by Gasteiger charge is 2.13. The summed E-state index contributed by atoms with van der Waals surface area (Å²) < 4.78 is 5.26. The number of rotatable bonds is 5. The largest absolute Gasteiger partial charge is 0.379 e. The van der Waals surface area contributed by atoms with Crippen molar-refractivity contribution in [2.75, 3.05) is 39.4 Å². The summed E-state index contributed by atoms with van der Waals surface area (Å²) in [6.45, 7) is 6.46. The van der Waals surface area contributed by atoms with E-state index in [0.717, 1.165) is 32.7 Å². The van der Waals surface area contributed by atoms with Crippen molar-refractivity contribution in [3.8, 4) is 0 Å². The van der Waals surface area contributed by atoms with Gasteiger partial charge in [-0.2, -0.15) is 0 Å². The van der Waals surface area contributed by atoms with Gasteiger partial charge in [0.2, 0.25) is 5.91 Å². The SMILES string of the molecule is Cc1ccccc1CCNC(=O)CN1CCOCC1. The topological polar surface area (TPSA) is 41.6 Å². The van der Waals surface area contributed by atoms with E-state index in [9.17, 15) is 4.79 Å². The monoisotopic (exact) mass is 262 g/mol. The molecule has 1 N–H and O–H groups in total. The van der Waals surface area contributed by atoms with Gasteiger partial charge in [0.1, 0.15) is 0 Å². The molecule has 1 amide bonds. The van der Waals surface area contributed by atoms with Crippen LogP contribution in [0.4, 0.5) is 0 Å². The van der Waals surface area contributed by atoms with Crippen LogP contribution in [0.5, 0.6) is 0 Å².